The summed E-state index contributed by atoms with van der Waals surface area (Å²) in [5, 5.41) is 4.48. The fourth-order valence-corrected chi connectivity index (χ4v) is 11.7. The summed E-state index contributed by atoms with van der Waals surface area (Å²) in [5.74, 6) is 0. The number of para-hydroxylation sites is 3. The van der Waals surface area contributed by atoms with Crippen molar-refractivity contribution in [3.8, 4) is 22.5 Å². The Balaban J connectivity index is 1.30. The molecule has 1 spiro atoms. The van der Waals surface area contributed by atoms with Crippen LogP contribution in [-0.2, 0) is 15.3 Å². The molecule has 0 N–H and O–H groups in total. The zero-order valence-corrected chi connectivity index (χ0v) is 29.8. The van der Waals surface area contributed by atoms with Crippen molar-refractivity contribution >= 4 is 53.4 Å². The number of hydrogen-bond acceptors (Lipinski definition) is 2. The van der Waals surface area contributed by atoms with E-state index in [1.54, 1.807) is 6.07 Å². The van der Waals surface area contributed by atoms with Crippen LogP contribution in [0.15, 0.2) is 192 Å². The third-order valence-electron chi connectivity index (χ3n) is 11.9. The van der Waals surface area contributed by atoms with Gasteiger partial charge in [0.2, 0.25) is 9.84 Å². The lowest BCUT2D eigenvalue weighted by atomic mass is 9.67. The highest BCUT2D eigenvalue weighted by molar-refractivity contribution is 7.91. The van der Waals surface area contributed by atoms with Crippen LogP contribution < -0.4 is 0 Å². The van der Waals surface area contributed by atoms with Gasteiger partial charge in [-0.05, 0) is 82.4 Å². The topological polar surface area (TPSA) is 44.0 Å². The second-order valence-corrected chi connectivity index (χ2v) is 16.3. The fourth-order valence-electron chi connectivity index (χ4n) is 9.91. The highest BCUT2D eigenvalue weighted by Gasteiger charge is 2.54. The maximum Gasteiger partial charge on any atom is 0.207 e. The molecule has 2 aliphatic rings. The number of nitrogens with zero attached hydrogens (tertiary/aromatic N) is 2. The lowest BCUT2D eigenvalue weighted by Crippen LogP contribution is -2.36. The van der Waals surface area contributed by atoms with Crippen molar-refractivity contribution in [2.45, 2.75) is 15.2 Å². The summed E-state index contributed by atoms with van der Waals surface area (Å²) in [7, 11) is -3.91. The Morgan fingerprint density at radius 2 is 0.944 bits per heavy atom. The van der Waals surface area contributed by atoms with Crippen LogP contribution in [0.3, 0.4) is 0 Å². The molecule has 0 unspecified atom stereocenters. The van der Waals surface area contributed by atoms with Gasteiger partial charge in [-0.1, -0.05) is 127 Å². The second kappa shape index (κ2) is 10.5. The summed E-state index contributed by atoms with van der Waals surface area (Å²) in [4.78, 5) is 0.710. The number of sulfone groups is 1. The molecule has 0 amide bonds. The van der Waals surface area contributed by atoms with Crippen LogP contribution in [0.5, 0.6) is 0 Å². The Labute approximate surface area is 311 Å². The van der Waals surface area contributed by atoms with E-state index in [4.69, 9.17) is 0 Å². The maximum atomic E-state index is 15.0. The minimum Gasteiger partial charge on any atom is -0.309 e. The van der Waals surface area contributed by atoms with Crippen molar-refractivity contribution in [3.05, 3.63) is 204 Å². The first kappa shape index (κ1) is 29.8. The molecule has 2 aromatic heterocycles. The van der Waals surface area contributed by atoms with E-state index in [1.165, 1.54) is 10.8 Å². The van der Waals surface area contributed by atoms with Crippen molar-refractivity contribution in [1.29, 1.82) is 0 Å². The highest BCUT2D eigenvalue weighted by Crippen LogP contribution is 2.62. The molecule has 0 atom stereocenters. The van der Waals surface area contributed by atoms with E-state index in [-0.39, 0.29) is 0 Å². The van der Waals surface area contributed by atoms with Crippen molar-refractivity contribution < 1.29 is 8.42 Å². The first-order valence-electron chi connectivity index (χ1n) is 18.3. The second-order valence-electron chi connectivity index (χ2n) is 14.4. The Kier molecular flexibility index (Phi) is 5.78. The maximum absolute atomic E-state index is 15.0. The van der Waals surface area contributed by atoms with Crippen LogP contribution in [0, 0.1) is 0 Å². The van der Waals surface area contributed by atoms with Gasteiger partial charge in [-0.15, -0.1) is 0 Å². The van der Waals surface area contributed by atoms with Gasteiger partial charge in [-0.3, -0.25) is 0 Å². The van der Waals surface area contributed by atoms with E-state index in [0.717, 1.165) is 77.6 Å². The molecule has 0 saturated heterocycles. The number of aromatic nitrogens is 2. The fraction of sp³-hybridized carbons (Fsp3) is 0.0204. The van der Waals surface area contributed by atoms with Gasteiger partial charge in [-0.25, -0.2) is 8.42 Å². The first-order chi connectivity index (χ1) is 26.6. The molecular formula is C49H30N2O2S. The van der Waals surface area contributed by atoms with E-state index in [0.29, 0.717) is 9.79 Å². The monoisotopic (exact) mass is 710 g/mol. The average molecular weight is 711 g/mol. The zero-order chi connectivity index (χ0) is 35.8. The van der Waals surface area contributed by atoms with E-state index in [1.807, 2.05) is 36.4 Å². The normalized spacial score (nSPS) is 14.7. The molecular weight excluding hydrogens is 681 g/mol. The smallest absolute Gasteiger partial charge is 0.207 e. The summed E-state index contributed by atoms with van der Waals surface area (Å²) in [6, 6.07) is 62.8. The molecule has 0 fully saturated rings. The van der Waals surface area contributed by atoms with Gasteiger partial charge in [0.1, 0.15) is 0 Å². The third-order valence-corrected chi connectivity index (χ3v) is 13.8. The molecule has 4 nitrogen and oxygen atoms in total. The number of benzene rings is 8. The number of rotatable bonds is 2. The van der Waals surface area contributed by atoms with E-state index in [9.17, 15) is 0 Å². The van der Waals surface area contributed by atoms with Gasteiger partial charge in [0, 0.05) is 38.5 Å². The molecule has 54 heavy (non-hydrogen) atoms. The quantitative estimate of drug-likeness (QED) is 0.179. The van der Waals surface area contributed by atoms with Crippen LogP contribution in [-0.4, -0.2) is 17.6 Å². The predicted octanol–water partition coefficient (Wildman–Crippen LogP) is 11.4. The molecule has 8 aromatic carbocycles. The van der Waals surface area contributed by atoms with Crippen LogP contribution in [0.1, 0.15) is 22.3 Å². The molecule has 0 saturated carbocycles. The summed E-state index contributed by atoms with van der Waals surface area (Å²) < 4.78 is 34.7. The van der Waals surface area contributed by atoms with Crippen molar-refractivity contribution in [2.75, 3.05) is 0 Å². The molecule has 1 aliphatic heterocycles. The van der Waals surface area contributed by atoms with Gasteiger partial charge in [0.15, 0.2) is 0 Å². The summed E-state index contributed by atoms with van der Waals surface area (Å²) in [5.41, 5.74) is 11.4. The number of hydrogen-bond donors (Lipinski definition) is 0. The van der Waals surface area contributed by atoms with Crippen LogP contribution in [0.2, 0.25) is 0 Å². The Hall–Kier alpha value is -6.69. The van der Waals surface area contributed by atoms with E-state index < -0.39 is 15.3 Å². The van der Waals surface area contributed by atoms with Crippen LogP contribution in [0.4, 0.5) is 0 Å². The van der Waals surface area contributed by atoms with Gasteiger partial charge >= 0.3 is 0 Å². The van der Waals surface area contributed by atoms with E-state index in [2.05, 4.69) is 149 Å². The van der Waals surface area contributed by atoms with Gasteiger partial charge in [0.05, 0.1) is 37.3 Å². The molecule has 3 heterocycles. The Bertz CT molecular complexity index is 3250. The molecule has 12 rings (SSSR count). The van der Waals surface area contributed by atoms with Crippen molar-refractivity contribution in [2.24, 2.45) is 0 Å². The minimum absolute atomic E-state index is 0.350. The molecule has 0 radical (unpaired) electrons. The predicted molar refractivity (Wildman–Crippen MR) is 218 cm³/mol. The van der Waals surface area contributed by atoms with Crippen LogP contribution >= 0.6 is 0 Å². The molecule has 254 valence electrons. The largest absolute Gasteiger partial charge is 0.309 e. The third kappa shape index (κ3) is 3.55. The van der Waals surface area contributed by atoms with E-state index >= 15 is 8.42 Å². The lowest BCUT2D eigenvalue weighted by Gasteiger charge is -2.40. The molecule has 1 aliphatic carbocycles. The molecule has 5 heteroatoms. The van der Waals surface area contributed by atoms with Gasteiger partial charge < -0.3 is 9.13 Å². The SMILES string of the molecule is O=S1(=O)c2ccccc2C2(c3ccccc3-c3ccccc32)c2c1ccc1c3cc(-n4c5ccccc5c5ccccc54)ccc3n(-c3ccccc3)c21. The summed E-state index contributed by atoms with van der Waals surface area (Å²) in [6.45, 7) is 0. The van der Waals surface area contributed by atoms with Crippen molar-refractivity contribution in [3.63, 3.8) is 0 Å². The van der Waals surface area contributed by atoms with Gasteiger partial charge in [-0.2, -0.15) is 0 Å². The van der Waals surface area contributed by atoms with Crippen molar-refractivity contribution in [1.82, 2.24) is 9.13 Å². The minimum atomic E-state index is -3.91. The highest BCUT2D eigenvalue weighted by atomic mass is 32.2. The first-order valence-corrected chi connectivity index (χ1v) is 19.8. The summed E-state index contributed by atoms with van der Waals surface area (Å²) in [6.07, 6.45) is 0. The Morgan fingerprint density at radius 1 is 0.389 bits per heavy atom. The van der Waals surface area contributed by atoms with Gasteiger partial charge in [0.25, 0.3) is 0 Å². The average Bonchev–Trinajstić information content (AvgIpc) is 3.85. The van der Waals surface area contributed by atoms with Crippen LogP contribution in [0.25, 0.3) is 66.1 Å². The lowest BCUT2D eigenvalue weighted by molar-refractivity contribution is 0.581. The molecule has 10 aromatic rings. The standard InChI is InChI=1S/C49H30N2O2S/c52-54(53)45-25-13-10-22-41(45)49(39-20-8-4-16-33(39)34-17-5-9-21-40(34)49)47-46(54)29-27-37-38-30-32(26-28-44(38)51(48(37)47)31-14-2-1-3-15-31)50-42-23-11-6-18-35(42)36-19-7-12-24-43(36)50/h1-30H. The zero-order valence-electron chi connectivity index (χ0n) is 28.9. The number of fused-ring (bicyclic) bond motifs is 16. The Morgan fingerprint density at radius 3 is 1.63 bits per heavy atom. The summed E-state index contributed by atoms with van der Waals surface area (Å²) >= 11 is 0. The molecule has 0 bridgehead atoms.